The molecule has 1 heterocycles. The molecule has 5 nitrogen and oxygen atoms in total. The highest BCUT2D eigenvalue weighted by atomic mass is 32.1. The lowest BCUT2D eigenvalue weighted by Gasteiger charge is -2.12. The zero-order chi connectivity index (χ0) is 17.0. The van der Waals surface area contributed by atoms with E-state index in [0.717, 1.165) is 17.1 Å². The van der Waals surface area contributed by atoms with Crippen LogP contribution in [0.2, 0.25) is 0 Å². The molecule has 124 valence electrons. The van der Waals surface area contributed by atoms with Crippen LogP contribution in [0.3, 0.4) is 0 Å². The summed E-state index contributed by atoms with van der Waals surface area (Å²) < 4.78 is 5.71. The summed E-state index contributed by atoms with van der Waals surface area (Å²) >= 11 is 1.08. The third-order valence-electron chi connectivity index (χ3n) is 3.49. The molecular weight excluding hydrogens is 312 g/mol. The van der Waals surface area contributed by atoms with Crippen molar-refractivity contribution in [3.05, 3.63) is 39.9 Å². The number of benzene rings is 1. The molecule has 0 amide bonds. The number of carboxylic acid groups (broad SMARTS) is 1. The number of anilines is 1. The van der Waals surface area contributed by atoms with Crippen LogP contribution in [0.15, 0.2) is 18.2 Å². The number of carboxylic acids is 1. The molecular formula is C17H21N2O3S-. The Balaban J connectivity index is 1.85. The van der Waals surface area contributed by atoms with E-state index in [9.17, 15) is 9.90 Å². The molecule has 0 unspecified atom stereocenters. The number of rotatable bonds is 7. The number of nitrogens with one attached hydrogen (secondary N) is 1. The van der Waals surface area contributed by atoms with Crippen LogP contribution < -0.4 is 15.2 Å². The summed E-state index contributed by atoms with van der Waals surface area (Å²) in [6, 6.07) is 6.11. The summed E-state index contributed by atoms with van der Waals surface area (Å²) in [4.78, 5) is 15.2. The van der Waals surface area contributed by atoms with Crippen LogP contribution in [0, 0.1) is 13.8 Å². The van der Waals surface area contributed by atoms with Gasteiger partial charge >= 0.3 is 0 Å². The van der Waals surface area contributed by atoms with Crippen molar-refractivity contribution in [2.45, 2.75) is 33.6 Å². The number of carbonyl (C=O) groups is 1. The Labute approximate surface area is 140 Å². The Morgan fingerprint density at radius 2 is 2.13 bits per heavy atom. The minimum absolute atomic E-state index is 0.160. The van der Waals surface area contributed by atoms with E-state index in [1.165, 1.54) is 11.1 Å². The monoisotopic (exact) mass is 333 g/mol. The highest BCUT2D eigenvalue weighted by Crippen LogP contribution is 2.24. The van der Waals surface area contributed by atoms with Crippen LogP contribution in [0.25, 0.3) is 0 Å². The standard InChI is InChI=1S/C17H22N2O3S/c1-10(2)14-6-5-13(9-11(14)3)22-8-7-18-17-19-12(4)15(23-17)16(20)21/h5-6,9-10H,7-8H2,1-4H3,(H,18,19)(H,20,21)/p-1. The normalized spacial score (nSPS) is 10.8. The first kappa shape index (κ1) is 17.3. The molecule has 0 atom stereocenters. The van der Waals surface area contributed by atoms with Gasteiger partial charge in [0.15, 0.2) is 5.13 Å². The van der Waals surface area contributed by atoms with Crippen LogP contribution in [0.4, 0.5) is 5.13 Å². The van der Waals surface area contributed by atoms with E-state index in [2.05, 4.69) is 37.1 Å². The SMILES string of the molecule is Cc1cc(OCCNc2nc(C)c(C(=O)[O-])s2)ccc1C(C)C. The number of thiazole rings is 1. The number of nitrogens with zero attached hydrogens (tertiary/aromatic N) is 1. The third-order valence-corrected chi connectivity index (χ3v) is 4.59. The molecule has 0 saturated carbocycles. The van der Waals surface area contributed by atoms with Gasteiger partial charge in [-0.15, -0.1) is 0 Å². The molecule has 0 fully saturated rings. The number of aromatic nitrogens is 1. The molecule has 6 heteroatoms. The van der Waals surface area contributed by atoms with Gasteiger partial charge in [0.25, 0.3) is 0 Å². The highest BCUT2D eigenvalue weighted by Gasteiger charge is 2.08. The summed E-state index contributed by atoms with van der Waals surface area (Å²) in [5.41, 5.74) is 3.02. The topological polar surface area (TPSA) is 74.3 Å². The second-order valence-corrected chi connectivity index (χ2v) is 6.67. The molecule has 2 rings (SSSR count). The lowest BCUT2D eigenvalue weighted by atomic mass is 9.98. The molecule has 0 aliphatic rings. The van der Waals surface area contributed by atoms with Gasteiger partial charge in [-0.3, -0.25) is 0 Å². The maximum Gasteiger partial charge on any atom is 0.183 e. The molecule has 2 aromatic rings. The van der Waals surface area contributed by atoms with Crippen LogP contribution in [-0.4, -0.2) is 24.1 Å². The van der Waals surface area contributed by atoms with Gasteiger partial charge in [-0.25, -0.2) is 4.98 Å². The predicted octanol–water partition coefficient (Wildman–Crippen LogP) is 2.74. The van der Waals surface area contributed by atoms with Crippen LogP contribution in [-0.2, 0) is 0 Å². The van der Waals surface area contributed by atoms with Crippen molar-refractivity contribution in [1.82, 2.24) is 4.98 Å². The van der Waals surface area contributed by atoms with E-state index in [1.807, 2.05) is 12.1 Å². The molecule has 0 bridgehead atoms. The van der Waals surface area contributed by atoms with Crippen molar-refractivity contribution in [3.8, 4) is 5.75 Å². The Morgan fingerprint density at radius 1 is 1.39 bits per heavy atom. The smallest absolute Gasteiger partial charge is 0.183 e. The first-order chi connectivity index (χ1) is 10.9. The van der Waals surface area contributed by atoms with Crippen molar-refractivity contribution in [1.29, 1.82) is 0 Å². The summed E-state index contributed by atoms with van der Waals surface area (Å²) in [6.45, 7) is 9.10. The maximum atomic E-state index is 10.9. The van der Waals surface area contributed by atoms with E-state index in [-0.39, 0.29) is 4.88 Å². The molecule has 1 aromatic carbocycles. The fourth-order valence-corrected chi connectivity index (χ4v) is 3.20. The second-order valence-electron chi connectivity index (χ2n) is 5.67. The summed E-state index contributed by atoms with van der Waals surface area (Å²) in [6.07, 6.45) is 0. The van der Waals surface area contributed by atoms with Gasteiger partial charge in [-0.2, -0.15) is 0 Å². The van der Waals surface area contributed by atoms with Gasteiger partial charge in [0, 0.05) is 0 Å². The van der Waals surface area contributed by atoms with E-state index < -0.39 is 5.97 Å². The molecule has 0 spiro atoms. The molecule has 0 saturated heterocycles. The summed E-state index contributed by atoms with van der Waals surface area (Å²) in [5, 5.41) is 14.5. The Hall–Kier alpha value is -2.08. The quantitative estimate of drug-likeness (QED) is 0.789. The fraction of sp³-hybridized carbons (Fsp3) is 0.412. The van der Waals surface area contributed by atoms with Gasteiger partial charge in [-0.05, 0) is 43.0 Å². The van der Waals surface area contributed by atoms with Crippen molar-refractivity contribution >= 4 is 22.4 Å². The first-order valence-corrected chi connectivity index (χ1v) is 8.36. The van der Waals surface area contributed by atoms with Crippen molar-refractivity contribution in [3.63, 3.8) is 0 Å². The number of ether oxygens (including phenoxy) is 1. The fourth-order valence-electron chi connectivity index (χ4n) is 2.37. The molecule has 0 aliphatic heterocycles. The zero-order valence-electron chi connectivity index (χ0n) is 13.8. The summed E-state index contributed by atoms with van der Waals surface area (Å²) in [7, 11) is 0. The Bertz CT molecular complexity index is 695. The van der Waals surface area contributed by atoms with Gasteiger partial charge in [-0.1, -0.05) is 31.3 Å². The lowest BCUT2D eigenvalue weighted by molar-refractivity contribution is -0.254. The number of aromatic carboxylic acids is 1. The number of hydrogen-bond acceptors (Lipinski definition) is 6. The van der Waals surface area contributed by atoms with Crippen LogP contribution in [0.1, 0.15) is 46.3 Å². The Morgan fingerprint density at radius 3 is 2.70 bits per heavy atom. The van der Waals surface area contributed by atoms with E-state index in [1.54, 1.807) is 6.92 Å². The van der Waals surface area contributed by atoms with Crippen LogP contribution in [0.5, 0.6) is 5.75 Å². The molecule has 1 aromatic heterocycles. The predicted molar refractivity (Wildman–Crippen MR) is 90.4 cm³/mol. The molecule has 0 aliphatic carbocycles. The minimum Gasteiger partial charge on any atom is -0.544 e. The molecule has 0 radical (unpaired) electrons. The largest absolute Gasteiger partial charge is 0.544 e. The van der Waals surface area contributed by atoms with Crippen molar-refractivity contribution in [2.75, 3.05) is 18.5 Å². The molecule has 1 N–H and O–H groups in total. The van der Waals surface area contributed by atoms with Gasteiger partial charge in [0.05, 0.1) is 23.1 Å². The number of carbonyl (C=O) groups excluding carboxylic acids is 1. The average Bonchev–Trinajstić information content (AvgIpc) is 2.84. The van der Waals surface area contributed by atoms with E-state index in [4.69, 9.17) is 4.74 Å². The Kier molecular flexibility index (Phi) is 5.60. The number of hydrogen-bond donors (Lipinski definition) is 1. The first-order valence-electron chi connectivity index (χ1n) is 7.54. The van der Waals surface area contributed by atoms with E-state index >= 15 is 0 Å². The number of aryl methyl sites for hydroxylation is 2. The zero-order valence-corrected chi connectivity index (χ0v) is 14.6. The van der Waals surface area contributed by atoms with Gasteiger partial charge in [0.2, 0.25) is 0 Å². The van der Waals surface area contributed by atoms with Crippen molar-refractivity contribution in [2.24, 2.45) is 0 Å². The average molecular weight is 333 g/mol. The summed E-state index contributed by atoms with van der Waals surface area (Å²) in [5.74, 6) is 0.140. The molecule has 23 heavy (non-hydrogen) atoms. The third kappa shape index (κ3) is 4.45. The van der Waals surface area contributed by atoms with Gasteiger partial charge < -0.3 is 20.0 Å². The lowest BCUT2D eigenvalue weighted by Crippen LogP contribution is -2.21. The van der Waals surface area contributed by atoms with Gasteiger partial charge in [0.1, 0.15) is 12.4 Å². The maximum absolute atomic E-state index is 10.9. The highest BCUT2D eigenvalue weighted by molar-refractivity contribution is 7.17. The van der Waals surface area contributed by atoms with E-state index in [0.29, 0.717) is 29.9 Å². The van der Waals surface area contributed by atoms with Crippen molar-refractivity contribution < 1.29 is 14.6 Å². The second kappa shape index (κ2) is 7.46. The van der Waals surface area contributed by atoms with Crippen LogP contribution >= 0.6 is 11.3 Å². The minimum atomic E-state index is -1.19.